The molecule has 0 unspecified atom stereocenters. The summed E-state index contributed by atoms with van der Waals surface area (Å²) >= 11 is 1.44. The normalized spacial score (nSPS) is 16.1. The van der Waals surface area contributed by atoms with Crippen molar-refractivity contribution < 1.29 is 9.53 Å². The van der Waals surface area contributed by atoms with Crippen LogP contribution in [0.25, 0.3) is 0 Å². The molecule has 1 aromatic carbocycles. The first kappa shape index (κ1) is 18.5. The van der Waals surface area contributed by atoms with Gasteiger partial charge in [0.05, 0.1) is 12.2 Å². The van der Waals surface area contributed by atoms with E-state index in [0.717, 1.165) is 29.9 Å². The number of hydrogen-bond donors (Lipinski definition) is 2. The number of ether oxygens (including phenoxy) is 1. The van der Waals surface area contributed by atoms with E-state index < -0.39 is 0 Å². The van der Waals surface area contributed by atoms with Gasteiger partial charge in [0, 0.05) is 12.3 Å². The first-order valence-corrected chi connectivity index (χ1v) is 9.90. The molecule has 0 spiro atoms. The molecule has 0 aliphatic carbocycles. The van der Waals surface area contributed by atoms with Gasteiger partial charge in [0.2, 0.25) is 5.91 Å². The molecule has 26 heavy (non-hydrogen) atoms. The molecule has 2 aromatic rings. The molecule has 0 radical (unpaired) electrons. The minimum atomic E-state index is -0.305. The van der Waals surface area contributed by atoms with Crippen molar-refractivity contribution in [2.24, 2.45) is 0 Å². The van der Waals surface area contributed by atoms with Crippen LogP contribution in [0.2, 0.25) is 0 Å². The standard InChI is InChI=1S/C19H23N3O3S/c1-3-5-10-25-13-8-6-12(7-9-13)14-11-15(23)20-17-16(14)18(24)22-19(21-17)26-4-2/h6-9,14H,3-5,10-11H2,1-2H3,(H2,20,21,22,23,24)/t14-/m1/s1. The van der Waals surface area contributed by atoms with Crippen LogP contribution in [0.4, 0.5) is 5.82 Å². The zero-order valence-electron chi connectivity index (χ0n) is 15.0. The Morgan fingerprint density at radius 1 is 1.23 bits per heavy atom. The minimum absolute atomic E-state index is 0.128. The number of thioether (sulfide) groups is 1. The molecule has 7 heteroatoms. The lowest BCUT2D eigenvalue weighted by Crippen LogP contribution is -2.31. The number of H-pyrrole nitrogens is 1. The van der Waals surface area contributed by atoms with Crippen LogP contribution in [0.1, 0.15) is 50.2 Å². The third kappa shape index (κ3) is 4.09. The van der Waals surface area contributed by atoms with Gasteiger partial charge in [-0.2, -0.15) is 0 Å². The van der Waals surface area contributed by atoms with Crippen LogP contribution in [0.3, 0.4) is 0 Å². The third-order valence-corrected chi connectivity index (χ3v) is 5.01. The summed E-state index contributed by atoms with van der Waals surface area (Å²) < 4.78 is 5.68. The van der Waals surface area contributed by atoms with E-state index in [1.807, 2.05) is 31.2 Å². The summed E-state index contributed by atoms with van der Waals surface area (Å²) in [6.07, 6.45) is 2.32. The van der Waals surface area contributed by atoms with Crippen molar-refractivity contribution in [3.8, 4) is 5.75 Å². The van der Waals surface area contributed by atoms with Crippen LogP contribution >= 0.6 is 11.8 Å². The second kappa shape index (κ2) is 8.40. The fourth-order valence-corrected chi connectivity index (χ4v) is 3.57. The number of rotatable bonds is 7. The SMILES string of the molecule is CCCCOc1ccc([C@H]2CC(=O)Nc3nc(SCC)[nH]c(=O)c32)cc1. The molecule has 0 saturated carbocycles. The Kier molecular flexibility index (Phi) is 5.98. The van der Waals surface area contributed by atoms with Crippen molar-refractivity contribution >= 4 is 23.5 Å². The third-order valence-electron chi connectivity index (χ3n) is 4.26. The highest BCUT2D eigenvalue weighted by atomic mass is 32.2. The van der Waals surface area contributed by atoms with Crippen molar-refractivity contribution in [3.05, 3.63) is 45.7 Å². The fraction of sp³-hybridized carbons (Fsp3) is 0.421. The van der Waals surface area contributed by atoms with Crippen LogP contribution in [0.15, 0.2) is 34.2 Å². The van der Waals surface area contributed by atoms with Gasteiger partial charge >= 0.3 is 0 Å². The second-order valence-electron chi connectivity index (χ2n) is 6.14. The number of benzene rings is 1. The van der Waals surface area contributed by atoms with Crippen molar-refractivity contribution in [1.29, 1.82) is 0 Å². The average molecular weight is 373 g/mol. The molecule has 2 N–H and O–H groups in total. The number of nitrogens with zero attached hydrogens (tertiary/aromatic N) is 1. The summed E-state index contributed by atoms with van der Waals surface area (Å²) in [5, 5.41) is 3.26. The fourth-order valence-electron chi connectivity index (χ4n) is 2.97. The lowest BCUT2D eigenvalue weighted by molar-refractivity contribution is -0.116. The van der Waals surface area contributed by atoms with Crippen LogP contribution < -0.4 is 15.6 Å². The van der Waals surface area contributed by atoms with Crippen molar-refractivity contribution in [3.63, 3.8) is 0 Å². The van der Waals surface area contributed by atoms with E-state index in [0.29, 0.717) is 23.1 Å². The number of nitrogens with one attached hydrogen (secondary N) is 2. The summed E-state index contributed by atoms with van der Waals surface area (Å²) in [6, 6.07) is 7.62. The van der Waals surface area contributed by atoms with Crippen molar-refractivity contribution in [2.45, 2.75) is 44.2 Å². The summed E-state index contributed by atoms with van der Waals surface area (Å²) in [5.74, 6) is 1.52. The van der Waals surface area contributed by atoms with Crippen molar-refractivity contribution in [1.82, 2.24) is 9.97 Å². The van der Waals surface area contributed by atoms with Crippen LogP contribution in [0, 0.1) is 0 Å². The highest BCUT2D eigenvalue weighted by molar-refractivity contribution is 7.99. The molecule has 0 saturated heterocycles. The highest BCUT2D eigenvalue weighted by Crippen LogP contribution is 2.35. The Morgan fingerprint density at radius 3 is 2.69 bits per heavy atom. The number of amides is 1. The molecule has 1 aliphatic rings. The Balaban J connectivity index is 1.90. The van der Waals surface area contributed by atoms with E-state index in [1.165, 1.54) is 11.8 Å². The van der Waals surface area contributed by atoms with Gasteiger partial charge in [-0.1, -0.05) is 44.2 Å². The van der Waals surface area contributed by atoms with Gasteiger partial charge in [-0.3, -0.25) is 9.59 Å². The maximum absolute atomic E-state index is 12.6. The minimum Gasteiger partial charge on any atom is -0.494 e. The monoisotopic (exact) mass is 373 g/mol. The zero-order valence-corrected chi connectivity index (χ0v) is 15.8. The number of carbonyl (C=O) groups excluding carboxylic acids is 1. The van der Waals surface area contributed by atoms with Crippen LogP contribution in [-0.4, -0.2) is 28.2 Å². The number of aromatic amines is 1. The van der Waals surface area contributed by atoms with E-state index in [9.17, 15) is 9.59 Å². The molecule has 0 fully saturated rings. The molecule has 1 aromatic heterocycles. The predicted molar refractivity (Wildman–Crippen MR) is 103 cm³/mol. The number of anilines is 1. The number of aromatic nitrogens is 2. The Hall–Kier alpha value is -2.28. The highest BCUT2D eigenvalue weighted by Gasteiger charge is 2.30. The maximum atomic E-state index is 12.6. The number of unbranched alkanes of at least 4 members (excludes halogenated alkanes) is 1. The number of hydrogen-bond acceptors (Lipinski definition) is 5. The summed E-state index contributed by atoms with van der Waals surface area (Å²) in [5.41, 5.74) is 1.23. The van der Waals surface area contributed by atoms with Gasteiger partial charge in [0.15, 0.2) is 5.16 Å². The Bertz CT molecular complexity index is 833. The summed E-state index contributed by atoms with van der Waals surface area (Å²) in [7, 11) is 0. The molecular formula is C19H23N3O3S. The topological polar surface area (TPSA) is 84.1 Å². The molecule has 2 heterocycles. The smallest absolute Gasteiger partial charge is 0.257 e. The molecule has 6 nitrogen and oxygen atoms in total. The molecule has 1 atom stereocenters. The predicted octanol–water partition coefficient (Wildman–Crippen LogP) is 3.53. The van der Waals surface area contributed by atoms with Gasteiger partial charge in [0.1, 0.15) is 11.6 Å². The van der Waals surface area contributed by atoms with E-state index in [2.05, 4.69) is 22.2 Å². The lowest BCUT2D eigenvalue weighted by atomic mass is 9.87. The molecule has 1 aliphatic heterocycles. The van der Waals surface area contributed by atoms with Gasteiger partial charge in [-0.25, -0.2) is 4.98 Å². The lowest BCUT2D eigenvalue weighted by Gasteiger charge is -2.24. The number of fused-ring (bicyclic) bond motifs is 1. The van der Waals surface area contributed by atoms with Crippen LogP contribution in [0.5, 0.6) is 5.75 Å². The maximum Gasteiger partial charge on any atom is 0.257 e. The molecule has 3 rings (SSSR count). The van der Waals surface area contributed by atoms with Crippen LogP contribution in [-0.2, 0) is 4.79 Å². The van der Waals surface area contributed by atoms with Crippen molar-refractivity contribution in [2.75, 3.05) is 17.7 Å². The summed E-state index contributed by atoms with van der Waals surface area (Å²) in [4.78, 5) is 32.0. The van der Waals surface area contributed by atoms with E-state index in [4.69, 9.17) is 4.74 Å². The quantitative estimate of drug-likeness (QED) is 0.441. The molecule has 138 valence electrons. The van der Waals surface area contributed by atoms with Gasteiger partial charge in [0.25, 0.3) is 5.56 Å². The Labute approximate surface area is 156 Å². The van der Waals surface area contributed by atoms with Gasteiger partial charge in [-0.05, 0) is 29.9 Å². The van der Waals surface area contributed by atoms with Gasteiger partial charge < -0.3 is 15.0 Å². The zero-order chi connectivity index (χ0) is 18.5. The molecule has 0 bridgehead atoms. The van der Waals surface area contributed by atoms with E-state index >= 15 is 0 Å². The largest absolute Gasteiger partial charge is 0.494 e. The first-order valence-electron chi connectivity index (χ1n) is 8.92. The second-order valence-corrected chi connectivity index (χ2v) is 7.40. The molecular weight excluding hydrogens is 350 g/mol. The average Bonchev–Trinajstić information content (AvgIpc) is 2.62. The van der Waals surface area contributed by atoms with Gasteiger partial charge in [-0.15, -0.1) is 0 Å². The Morgan fingerprint density at radius 2 is 2.00 bits per heavy atom. The number of carbonyl (C=O) groups is 1. The van der Waals surface area contributed by atoms with E-state index in [-0.39, 0.29) is 23.8 Å². The first-order chi connectivity index (χ1) is 12.6. The van der Waals surface area contributed by atoms with E-state index in [1.54, 1.807) is 0 Å². The summed E-state index contributed by atoms with van der Waals surface area (Å²) in [6.45, 7) is 4.79. The molecule has 1 amide bonds.